The van der Waals surface area contributed by atoms with Gasteiger partial charge in [0.25, 0.3) is 0 Å². The van der Waals surface area contributed by atoms with Crippen LogP contribution in [0.4, 0.5) is 17.5 Å². The van der Waals surface area contributed by atoms with Crippen molar-refractivity contribution in [2.24, 2.45) is 0 Å². The molecule has 0 saturated heterocycles. The number of anilines is 3. The molecule has 0 amide bonds. The molecule has 2 N–H and O–H groups in total. The van der Waals surface area contributed by atoms with Crippen molar-refractivity contribution in [2.45, 2.75) is 6.42 Å². The Kier molecular flexibility index (Phi) is 5.71. The molecule has 8 nitrogen and oxygen atoms in total. The zero-order chi connectivity index (χ0) is 20.1. The number of fused-ring (bicyclic) bond motifs is 1. The number of hydrogen-bond donors (Lipinski definition) is 2. The van der Waals surface area contributed by atoms with Crippen LogP contribution in [0.3, 0.4) is 0 Å². The molecule has 3 aromatic rings. The minimum Gasteiger partial charge on any atom is -0.454 e. The summed E-state index contributed by atoms with van der Waals surface area (Å²) in [6.07, 6.45) is 4.54. The number of aromatic nitrogens is 3. The first kappa shape index (κ1) is 18.9. The lowest BCUT2D eigenvalue weighted by atomic mass is 10.2. The Hall–Kier alpha value is -3.39. The minimum absolute atomic E-state index is 0.248. The van der Waals surface area contributed by atoms with Crippen molar-refractivity contribution in [1.29, 1.82) is 0 Å². The van der Waals surface area contributed by atoms with E-state index in [2.05, 4.69) is 44.6 Å². The number of nitrogens with zero attached hydrogens (tertiary/aromatic N) is 4. The fourth-order valence-electron chi connectivity index (χ4n) is 2.97. The topological polar surface area (TPSA) is 84.4 Å². The SMILES string of the molecule is CN(C)CCCNc1nc(Nc2ccc3c(c2)OCO3)cc(-c2cccnc2)n1. The molecule has 0 unspecified atom stereocenters. The normalized spacial score (nSPS) is 12.2. The summed E-state index contributed by atoms with van der Waals surface area (Å²) in [5, 5.41) is 6.66. The molecular formula is C21H24N6O2. The van der Waals surface area contributed by atoms with E-state index in [9.17, 15) is 0 Å². The van der Waals surface area contributed by atoms with E-state index in [1.807, 2.05) is 36.4 Å². The Morgan fingerprint density at radius 3 is 2.79 bits per heavy atom. The summed E-state index contributed by atoms with van der Waals surface area (Å²) in [5.74, 6) is 2.73. The van der Waals surface area contributed by atoms with E-state index in [1.165, 1.54) is 0 Å². The molecule has 0 aliphatic carbocycles. The van der Waals surface area contributed by atoms with Crippen LogP contribution in [-0.2, 0) is 0 Å². The van der Waals surface area contributed by atoms with Crippen molar-refractivity contribution in [3.05, 3.63) is 48.8 Å². The molecular weight excluding hydrogens is 368 g/mol. The molecule has 4 rings (SSSR count). The lowest BCUT2D eigenvalue weighted by Gasteiger charge is -2.13. The van der Waals surface area contributed by atoms with Gasteiger partial charge in [0.15, 0.2) is 11.5 Å². The van der Waals surface area contributed by atoms with Gasteiger partial charge in [0.1, 0.15) is 5.82 Å². The molecule has 150 valence electrons. The van der Waals surface area contributed by atoms with Crippen LogP contribution in [0.1, 0.15) is 6.42 Å². The van der Waals surface area contributed by atoms with Crippen LogP contribution in [0.5, 0.6) is 11.5 Å². The van der Waals surface area contributed by atoms with Gasteiger partial charge in [-0.1, -0.05) is 0 Å². The molecule has 0 fully saturated rings. The second-order valence-corrected chi connectivity index (χ2v) is 6.98. The lowest BCUT2D eigenvalue weighted by Crippen LogP contribution is -2.17. The number of pyridine rings is 1. The van der Waals surface area contributed by atoms with Gasteiger partial charge in [0, 0.05) is 42.3 Å². The number of rotatable bonds is 8. The molecule has 0 atom stereocenters. The van der Waals surface area contributed by atoms with Crippen LogP contribution in [0, 0.1) is 0 Å². The first-order valence-corrected chi connectivity index (χ1v) is 9.52. The Labute approximate surface area is 169 Å². The van der Waals surface area contributed by atoms with Gasteiger partial charge in [-0.2, -0.15) is 4.98 Å². The summed E-state index contributed by atoms with van der Waals surface area (Å²) in [6.45, 7) is 2.04. The van der Waals surface area contributed by atoms with Crippen molar-refractivity contribution < 1.29 is 9.47 Å². The van der Waals surface area contributed by atoms with Crippen molar-refractivity contribution in [2.75, 3.05) is 44.6 Å². The van der Waals surface area contributed by atoms with E-state index in [1.54, 1.807) is 12.4 Å². The van der Waals surface area contributed by atoms with E-state index in [0.717, 1.165) is 48.0 Å². The maximum absolute atomic E-state index is 5.46. The van der Waals surface area contributed by atoms with Gasteiger partial charge < -0.3 is 25.0 Å². The third-order valence-electron chi connectivity index (χ3n) is 4.39. The van der Waals surface area contributed by atoms with Crippen LogP contribution >= 0.6 is 0 Å². The average Bonchev–Trinajstić information content (AvgIpc) is 3.19. The largest absolute Gasteiger partial charge is 0.454 e. The molecule has 2 aromatic heterocycles. The highest BCUT2D eigenvalue weighted by atomic mass is 16.7. The van der Waals surface area contributed by atoms with Gasteiger partial charge in [-0.05, 0) is 51.3 Å². The van der Waals surface area contributed by atoms with Gasteiger partial charge >= 0.3 is 0 Å². The fourth-order valence-corrected chi connectivity index (χ4v) is 2.97. The standard InChI is InChI=1S/C21H24N6O2/c1-27(2)10-4-9-23-21-25-17(15-5-3-8-22-13-15)12-20(26-21)24-16-6-7-18-19(11-16)29-14-28-18/h3,5-8,11-13H,4,9-10,14H2,1-2H3,(H2,23,24,25,26). The summed E-state index contributed by atoms with van der Waals surface area (Å²) in [4.78, 5) is 15.6. The third-order valence-corrected chi connectivity index (χ3v) is 4.39. The summed E-state index contributed by atoms with van der Waals surface area (Å²) in [5.41, 5.74) is 2.59. The molecule has 0 radical (unpaired) electrons. The monoisotopic (exact) mass is 392 g/mol. The molecule has 29 heavy (non-hydrogen) atoms. The molecule has 0 spiro atoms. The predicted octanol–water partition coefficient (Wildman–Crippen LogP) is 3.37. The first-order valence-electron chi connectivity index (χ1n) is 9.52. The highest BCUT2D eigenvalue weighted by Gasteiger charge is 2.14. The van der Waals surface area contributed by atoms with Gasteiger partial charge in [-0.15, -0.1) is 0 Å². The van der Waals surface area contributed by atoms with Crippen molar-refractivity contribution in [1.82, 2.24) is 19.9 Å². The van der Waals surface area contributed by atoms with Crippen LogP contribution in [0.2, 0.25) is 0 Å². The first-order chi connectivity index (χ1) is 14.2. The highest BCUT2D eigenvalue weighted by Crippen LogP contribution is 2.35. The number of benzene rings is 1. The quantitative estimate of drug-likeness (QED) is 0.565. The Morgan fingerprint density at radius 2 is 1.97 bits per heavy atom. The van der Waals surface area contributed by atoms with E-state index >= 15 is 0 Å². The van der Waals surface area contributed by atoms with Crippen LogP contribution < -0.4 is 20.1 Å². The summed E-state index contributed by atoms with van der Waals surface area (Å²) >= 11 is 0. The van der Waals surface area contributed by atoms with Crippen molar-refractivity contribution in [3.8, 4) is 22.8 Å². The van der Waals surface area contributed by atoms with Crippen molar-refractivity contribution in [3.63, 3.8) is 0 Å². The van der Waals surface area contributed by atoms with Gasteiger partial charge in [0.2, 0.25) is 12.7 Å². The van der Waals surface area contributed by atoms with E-state index in [-0.39, 0.29) is 6.79 Å². The molecule has 0 saturated carbocycles. The molecule has 8 heteroatoms. The highest BCUT2D eigenvalue weighted by molar-refractivity contribution is 5.68. The van der Waals surface area contributed by atoms with E-state index < -0.39 is 0 Å². The minimum atomic E-state index is 0.248. The third kappa shape index (κ3) is 4.91. The predicted molar refractivity (Wildman–Crippen MR) is 113 cm³/mol. The fraction of sp³-hybridized carbons (Fsp3) is 0.286. The summed E-state index contributed by atoms with van der Waals surface area (Å²) < 4.78 is 10.8. The van der Waals surface area contributed by atoms with Crippen molar-refractivity contribution >= 4 is 17.5 Å². The second kappa shape index (κ2) is 8.74. The zero-order valence-corrected chi connectivity index (χ0v) is 16.6. The smallest absolute Gasteiger partial charge is 0.231 e. The second-order valence-electron chi connectivity index (χ2n) is 6.98. The van der Waals surface area contributed by atoms with E-state index in [0.29, 0.717) is 11.8 Å². The Morgan fingerprint density at radius 1 is 1.07 bits per heavy atom. The zero-order valence-electron chi connectivity index (χ0n) is 16.6. The van der Waals surface area contributed by atoms with Gasteiger partial charge in [-0.3, -0.25) is 4.98 Å². The van der Waals surface area contributed by atoms with Gasteiger partial charge in [0.05, 0.1) is 5.69 Å². The Bertz CT molecular complexity index is 965. The summed E-state index contributed by atoms with van der Waals surface area (Å²) in [7, 11) is 4.12. The van der Waals surface area contributed by atoms with E-state index in [4.69, 9.17) is 9.47 Å². The van der Waals surface area contributed by atoms with Crippen LogP contribution in [0.15, 0.2) is 48.8 Å². The number of nitrogens with one attached hydrogen (secondary N) is 2. The molecule has 1 aliphatic rings. The number of hydrogen-bond acceptors (Lipinski definition) is 8. The molecule has 0 bridgehead atoms. The molecule has 3 heterocycles. The lowest BCUT2D eigenvalue weighted by molar-refractivity contribution is 0.174. The molecule has 1 aromatic carbocycles. The average molecular weight is 392 g/mol. The molecule has 1 aliphatic heterocycles. The maximum atomic E-state index is 5.46. The number of ether oxygens (including phenoxy) is 2. The summed E-state index contributed by atoms with van der Waals surface area (Å²) in [6, 6.07) is 11.5. The van der Waals surface area contributed by atoms with Crippen LogP contribution in [-0.4, -0.2) is 53.8 Å². The maximum Gasteiger partial charge on any atom is 0.231 e. The Balaban J connectivity index is 1.57. The van der Waals surface area contributed by atoms with Gasteiger partial charge in [-0.25, -0.2) is 4.98 Å². The van der Waals surface area contributed by atoms with Crippen LogP contribution in [0.25, 0.3) is 11.3 Å².